The van der Waals surface area contributed by atoms with E-state index in [9.17, 15) is 17.6 Å². The van der Waals surface area contributed by atoms with Crippen molar-refractivity contribution < 1.29 is 17.6 Å². The number of sulfonamides is 1. The number of rotatable bonds is 5. The van der Waals surface area contributed by atoms with Crippen molar-refractivity contribution in [3.05, 3.63) is 41.7 Å². The van der Waals surface area contributed by atoms with Crippen molar-refractivity contribution in [3.8, 4) is 0 Å². The van der Waals surface area contributed by atoms with Crippen molar-refractivity contribution in [3.63, 3.8) is 0 Å². The Bertz CT molecular complexity index is 710. The normalized spacial score (nSPS) is 16.9. The summed E-state index contributed by atoms with van der Waals surface area (Å²) < 4.78 is 38.3. The van der Waals surface area contributed by atoms with E-state index in [1.165, 1.54) is 22.5 Å². The molecule has 0 spiro atoms. The zero-order chi connectivity index (χ0) is 17.7. The van der Waals surface area contributed by atoms with Gasteiger partial charge in [-0.3, -0.25) is 4.79 Å². The fourth-order valence-corrected chi connectivity index (χ4v) is 3.84. The third kappa shape index (κ3) is 4.64. The van der Waals surface area contributed by atoms with Crippen LogP contribution in [-0.2, 0) is 14.8 Å². The Kier molecular flexibility index (Phi) is 6.12. The van der Waals surface area contributed by atoms with Crippen LogP contribution < -0.4 is 0 Å². The maximum Gasteiger partial charge on any atom is 0.246 e. The average molecular weight is 354 g/mol. The van der Waals surface area contributed by atoms with Crippen molar-refractivity contribution in [2.24, 2.45) is 0 Å². The van der Waals surface area contributed by atoms with Gasteiger partial charge in [0, 0.05) is 32.3 Å². The first-order valence-corrected chi connectivity index (χ1v) is 9.62. The zero-order valence-electron chi connectivity index (χ0n) is 14.0. The highest BCUT2D eigenvalue weighted by Gasteiger charge is 2.29. The van der Waals surface area contributed by atoms with Crippen molar-refractivity contribution >= 4 is 22.0 Å². The van der Waals surface area contributed by atoms with Crippen molar-refractivity contribution in [2.75, 3.05) is 25.9 Å². The highest BCUT2D eigenvalue weighted by atomic mass is 32.2. The minimum absolute atomic E-state index is 0.0637. The topological polar surface area (TPSA) is 57.7 Å². The average Bonchev–Trinajstić information content (AvgIpc) is 2.59. The minimum Gasteiger partial charge on any atom is -0.339 e. The number of piperidine rings is 1. The molecule has 1 aromatic carbocycles. The molecule has 1 aliphatic heterocycles. The molecule has 0 N–H and O–H groups in total. The SMILES string of the molecule is CCS(=O)(=O)N(C)C1CCN(C(=O)/C=C/c2cccc(F)c2)CC1. The van der Waals surface area contributed by atoms with Crippen LogP contribution in [0.4, 0.5) is 4.39 Å². The maximum atomic E-state index is 13.1. The van der Waals surface area contributed by atoms with Crippen molar-refractivity contribution in [1.82, 2.24) is 9.21 Å². The summed E-state index contributed by atoms with van der Waals surface area (Å²) in [7, 11) is -1.60. The molecule has 7 heteroatoms. The van der Waals surface area contributed by atoms with Crippen LogP contribution in [0.3, 0.4) is 0 Å². The number of carbonyl (C=O) groups is 1. The number of amides is 1. The summed E-state index contributed by atoms with van der Waals surface area (Å²) in [5, 5.41) is 0. The second-order valence-corrected chi connectivity index (χ2v) is 8.18. The standard InChI is InChI=1S/C17H23FN2O3S/c1-3-24(22,23)19(2)16-9-11-20(12-10-16)17(21)8-7-14-5-4-6-15(18)13-14/h4-8,13,16H,3,9-12H2,1-2H3/b8-7+. The quantitative estimate of drug-likeness (QED) is 0.761. The van der Waals surface area contributed by atoms with Gasteiger partial charge in [-0.15, -0.1) is 0 Å². The number of nitrogens with zero attached hydrogens (tertiary/aromatic N) is 2. The summed E-state index contributed by atoms with van der Waals surface area (Å²) in [6.45, 7) is 2.66. The van der Waals surface area contributed by atoms with Crippen LogP contribution in [0.25, 0.3) is 6.08 Å². The molecule has 1 amide bonds. The molecule has 1 aromatic rings. The summed E-state index contributed by atoms with van der Waals surface area (Å²) in [6.07, 6.45) is 4.26. The van der Waals surface area contributed by atoms with E-state index in [1.807, 2.05) is 0 Å². The largest absolute Gasteiger partial charge is 0.339 e. The highest BCUT2D eigenvalue weighted by Crippen LogP contribution is 2.18. The Balaban J connectivity index is 1.91. The van der Waals surface area contributed by atoms with Gasteiger partial charge in [0.2, 0.25) is 15.9 Å². The first kappa shape index (κ1) is 18.6. The van der Waals surface area contributed by atoms with Gasteiger partial charge in [-0.05, 0) is 43.5 Å². The lowest BCUT2D eigenvalue weighted by atomic mass is 10.1. The molecular formula is C17H23FN2O3S. The number of benzene rings is 1. The monoisotopic (exact) mass is 354 g/mol. The molecule has 132 valence electrons. The molecule has 5 nitrogen and oxygen atoms in total. The van der Waals surface area contributed by atoms with Gasteiger partial charge in [0.1, 0.15) is 5.82 Å². The smallest absolute Gasteiger partial charge is 0.246 e. The van der Waals surface area contributed by atoms with Crippen LogP contribution in [0.5, 0.6) is 0 Å². The third-order valence-corrected chi connectivity index (χ3v) is 6.27. The van der Waals surface area contributed by atoms with Gasteiger partial charge in [0.05, 0.1) is 5.75 Å². The van der Waals surface area contributed by atoms with Crippen LogP contribution in [0, 0.1) is 5.82 Å². The van der Waals surface area contributed by atoms with Crippen molar-refractivity contribution in [1.29, 1.82) is 0 Å². The maximum absolute atomic E-state index is 13.1. The molecule has 1 heterocycles. The minimum atomic E-state index is -3.21. The molecule has 1 saturated heterocycles. The van der Waals surface area contributed by atoms with Gasteiger partial charge >= 0.3 is 0 Å². The van der Waals surface area contributed by atoms with Crippen LogP contribution in [0.2, 0.25) is 0 Å². The molecule has 2 rings (SSSR count). The Hall–Kier alpha value is -1.73. The molecule has 0 bridgehead atoms. The number of likely N-dealkylation sites (tertiary alicyclic amines) is 1. The van der Waals surface area contributed by atoms with Gasteiger partial charge in [0.25, 0.3) is 0 Å². The lowest BCUT2D eigenvalue weighted by molar-refractivity contribution is -0.127. The number of hydrogen-bond donors (Lipinski definition) is 0. The Morgan fingerprint density at radius 1 is 1.38 bits per heavy atom. The van der Waals surface area contributed by atoms with Crippen LogP contribution in [0.1, 0.15) is 25.3 Å². The van der Waals surface area contributed by atoms with Gasteiger partial charge in [-0.25, -0.2) is 17.1 Å². The Morgan fingerprint density at radius 2 is 2.04 bits per heavy atom. The molecule has 24 heavy (non-hydrogen) atoms. The van der Waals surface area contributed by atoms with Gasteiger partial charge in [-0.1, -0.05) is 12.1 Å². The number of hydrogen-bond acceptors (Lipinski definition) is 3. The molecular weight excluding hydrogens is 331 g/mol. The Labute approximate surface area is 142 Å². The third-order valence-electron chi connectivity index (χ3n) is 4.36. The highest BCUT2D eigenvalue weighted by molar-refractivity contribution is 7.89. The molecule has 1 fully saturated rings. The Morgan fingerprint density at radius 3 is 2.62 bits per heavy atom. The summed E-state index contributed by atoms with van der Waals surface area (Å²) in [4.78, 5) is 13.9. The summed E-state index contributed by atoms with van der Waals surface area (Å²) in [6, 6.07) is 5.97. The molecule has 0 aliphatic carbocycles. The van der Waals surface area contributed by atoms with E-state index in [0.29, 0.717) is 31.5 Å². The van der Waals surface area contributed by atoms with E-state index in [2.05, 4.69) is 0 Å². The molecule has 1 aliphatic rings. The van der Waals surface area contributed by atoms with E-state index in [0.717, 1.165) is 0 Å². The second-order valence-electron chi connectivity index (χ2n) is 5.86. The summed E-state index contributed by atoms with van der Waals surface area (Å²) >= 11 is 0. The molecule has 0 atom stereocenters. The molecule has 0 aromatic heterocycles. The predicted octanol–water partition coefficient (Wildman–Crippen LogP) is 2.11. The fraction of sp³-hybridized carbons (Fsp3) is 0.471. The van der Waals surface area contributed by atoms with E-state index < -0.39 is 10.0 Å². The molecule has 0 radical (unpaired) electrons. The first-order chi connectivity index (χ1) is 11.3. The van der Waals surface area contributed by atoms with Crippen LogP contribution >= 0.6 is 0 Å². The molecule has 0 saturated carbocycles. The number of carbonyl (C=O) groups excluding carboxylic acids is 1. The van der Waals surface area contributed by atoms with E-state index >= 15 is 0 Å². The van der Waals surface area contributed by atoms with Crippen LogP contribution in [-0.4, -0.2) is 55.5 Å². The van der Waals surface area contributed by atoms with Gasteiger partial charge in [0.15, 0.2) is 0 Å². The van der Waals surface area contributed by atoms with E-state index in [-0.39, 0.29) is 23.5 Å². The van der Waals surface area contributed by atoms with Crippen LogP contribution in [0.15, 0.2) is 30.3 Å². The lowest BCUT2D eigenvalue weighted by Crippen LogP contribution is -2.47. The van der Waals surface area contributed by atoms with E-state index in [1.54, 1.807) is 37.1 Å². The summed E-state index contributed by atoms with van der Waals surface area (Å²) in [5.74, 6) is -0.400. The second kappa shape index (κ2) is 7.90. The van der Waals surface area contributed by atoms with Gasteiger partial charge < -0.3 is 4.90 Å². The van der Waals surface area contributed by atoms with Gasteiger partial charge in [-0.2, -0.15) is 0 Å². The summed E-state index contributed by atoms with van der Waals surface area (Å²) in [5.41, 5.74) is 0.631. The number of halogens is 1. The van der Waals surface area contributed by atoms with Crippen molar-refractivity contribution in [2.45, 2.75) is 25.8 Å². The predicted molar refractivity (Wildman–Crippen MR) is 92.3 cm³/mol. The zero-order valence-corrected chi connectivity index (χ0v) is 14.8. The lowest BCUT2D eigenvalue weighted by Gasteiger charge is -2.35. The fourth-order valence-electron chi connectivity index (χ4n) is 2.76. The first-order valence-electron chi connectivity index (χ1n) is 8.01. The molecule has 0 unspecified atom stereocenters. The van der Waals surface area contributed by atoms with E-state index in [4.69, 9.17) is 0 Å².